The molecular weight excluding hydrogens is 382 g/mol. The van der Waals surface area contributed by atoms with E-state index >= 15 is 0 Å². The average molecular weight is 426 g/mol. The summed E-state index contributed by atoms with van der Waals surface area (Å²) in [5, 5.41) is 2.97. The first-order chi connectivity index (χ1) is 13.5. The van der Waals surface area contributed by atoms with Crippen molar-refractivity contribution >= 4 is 17.8 Å². The Morgan fingerprint density at radius 3 is 1.90 bits per heavy atom. The van der Waals surface area contributed by atoms with Crippen LogP contribution in [0.15, 0.2) is 11.6 Å². The van der Waals surface area contributed by atoms with E-state index in [0.717, 1.165) is 0 Å². The Bertz CT molecular complexity index is 645. The smallest absolute Gasteiger partial charge is 0.333 e. The molecule has 0 rings (SSSR count). The molecule has 0 radical (unpaired) electrons. The van der Waals surface area contributed by atoms with Gasteiger partial charge in [-0.15, -0.1) is 0 Å². The molecule has 7 heteroatoms. The van der Waals surface area contributed by atoms with Gasteiger partial charge >= 0.3 is 5.97 Å². The van der Waals surface area contributed by atoms with Crippen LogP contribution in [0, 0.1) is 11.3 Å². The molecule has 0 aliphatic heterocycles. The maximum atomic E-state index is 13.5. The minimum Gasteiger partial charge on any atom is -0.463 e. The van der Waals surface area contributed by atoms with Gasteiger partial charge < -0.3 is 15.0 Å². The SMILES string of the molecule is CCOC(=O)/C(C)=C/[C@H](C(C)C)N(C)C(=O)C(NC(=O)C(C)(C)N(C)C)C(C)(C)C. The molecule has 7 nitrogen and oxygen atoms in total. The van der Waals surface area contributed by atoms with E-state index in [1.54, 1.807) is 31.9 Å². The molecule has 0 aliphatic rings. The number of nitrogens with zero attached hydrogens (tertiary/aromatic N) is 2. The third kappa shape index (κ3) is 7.42. The average Bonchev–Trinajstić information content (AvgIpc) is 2.61. The second-order valence-electron chi connectivity index (χ2n) is 9.98. The molecule has 0 heterocycles. The van der Waals surface area contributed by atoms with Crippen molar-refractivity contribution in [2.75, 3.05) is 27.7 Å². The first-order valence-electron chi connectivity index (χ1n) is 10.6. The second-order valence-corrected chi connectivity index (χ2v) is 9.98. The molecule has 2 atom stereocenters. The first-order valence-corrected chi connectivity index (χ1v) is 10.6. The van der Waals surface area contributed by atoms with Crippen molar-refractivity contribution < 1.29 is 19.1 Å². The van der Waals surface area contributed by atoms with Crippen LogP contribution >= 0.6 is 0 Å². The minimum absolute atomic E-state index is 0.0675. The highest BCUT2D eigenvalue weighted by atomic mass is 16.5. The van der Waals surface area contributed by atoms with Crippen LogP contribution in [-0.4, -0.2) is 73.0 Å². The van der Waals surface area contributed by atoms with E-state index < -0.39 is 23.0 Å². The van der Waals surface area contributed by atoms with Crippen LogP contribution in [0.5, 0.6) is 0 Å². The molecule has 2 amide bonds. The predicted octanol–water partition coefficient (Wildman–Crippen LogP) is 2.85. The number of likely N-dealkylation sites (N-methyl/N-ethyl adjacent to an activating group) is 2. The van der Waals surface area contributed by atoms with Gasteiger partial charge in [-0.25, -0.2) is 4.79 Å². The van der Waals surface area contributed by atoms with Crippen LogP contribution in [0.2, 0.25) is 0 Å². The Hall–Kier alpha value is -1.89. The van der Waals surface area contributed by atoms with Crippen molar-refractivity contribution in [2.45, 2.75) is 79.9 Å². The number of carbonyl (C=O) groups excluding carboxylic acids is 3. The van der Waals surface area contributed by atoms with E-state index in [1.165, 1.54) is 0 Å². The van der Waals surface area contributed by atoms with E-state index in [1.807, 2.05) is 67.5 Å². The summed E-state index contributed by atoms with van der Waals surface area (Å²) < 4.78 is 5.07. The Morgan fingerprint density at radius 1 is 1.03 bits per heavy atom. The Morgan fingerprint density at radius 2 is 1.53 bits per heavy atom. The number of nitrogens with one attached hydrogen (secondary N) is 1. The normalized spacial score (nSPS) is 15.1. The third-order valence-corrected chi connectivity index (χ3v) is 5.56. The molecule has 0 bridgehead atoms. The molecule has 0 aromatic carbocycles. The van der Waals surface area contributed by atoms with E-state index in [2.05, 4.69) is 5.32 Å². The van der Waals surface area contributed by atoms with E-state index in [-0.39, 0.29) is 23.8 Å². The summed E-state index contributed by atoms with van der Waals surface area (Å²) in [5.74, 6) is -0.735. The van der Waals surface area contributed by atoms with Crippen molar-refractivity contribution in [1.29, 1.82) is 0 Å². The first kappa shape index (κ1) is 28.1. The van der Waals surface area contributed by atoms with E-state index in [4.69, 9.17) is 4.74 Å². The van der Waals surface area contributed by atoms with Crippen LogP contribution in [-0.2, 0) is 19.1 Å². The highest BCUT2D eigenvalue weighted by Gasteiger charge is 2.40. The topological polar surface area (TPSA) is 79.0 Å². The molecular formula is C23H43N3O4. The van der Waals surface area contributed by atoms with Crippen molar-refractivity contribution in [3.05, 3.63) is 11.6 Å². The Balaban J connectivity index is 5.89. The molecule has 0 saturated heterocycles. The summed E-state index contributed by atoms with van der Waals surface area (Å²) in [7, 11) is 5.37. The lowest BCUT2D eigenvalue weighted by atomic mass is 9.84. The van der Waals surface area contributed by atoms with Gasteiger partial charge in [0, 0.05) is 12.6 Å². The molecule has 0 aromatic rings. The minimum atomic E-state index is -0.764. The quantitative estimate of drug-likeness (QED) is 0.454. The number of ether oxygens (including phenoxy) is 1. The van der Waals surface area contributed by atoms with Crippen molar-refractivity contribution in [3.8, 4) is 0 Å². The van der Waals surface area contributed by atoms with Crippen LogP contribution in [0.4, 0.5) is 0 Å². The zero-order valence-corrected chi connectivity index (χ0v) is 21.0. The summed E-state index contributed by atoms with van der Waals surface area (Å²) in [5.41, 5.74) is -0.800. The van der Waals surface area contributed by atoms with Crippen LogP contribution < -0.4 is 5.32 Å². The summed E-state index contributed by atoms with van der Waals surface area (Å²) in [6.45, 7) is 17.1. The van der Waals surface area contributed by atoms with Crippen LogP contribution in [0.25, 0.3) is 0 Å². The molecule has 1 unspecified atom stereocenters. The van der Waals surface area contributed by atoms with Gasteiger partial charge in [0.05, 0.1) is 18.2 Å². The lowest BCUT2D eigenvalue weighted by Crippen LogP contribution is -2.61. The summed E-state index contributed by atoms with van der Waals surface area (Å²) >= 11 is 0. The van der Waals surface area contributed by atoms with Crippen LogP contribution in [0.1, 0.15) is 62.3 Å². The van der Waals surface area contributed by atoms with Gasteiger partial charge in [-0.2, -0.15) is 0 Å². The molecule has 0 saturated carbocycles. The standard InChI is InChI=1S/C23H43N3O4/c1-13-30-20(28)16(4)14-17(15(2)3)26(12)19(27)18(22(5,6)7)24-21(29)23(8,9)25(10)11/h14-15,17-18H,13H2,1-12H3,(H,24,29)/b16-14+/t17-,18?/m1/s1. The van der Waals surface area contributed by atoms with Gasteiger partial charge in [0.15, 0.2) is 0 Å². The molecule has 0 spiro atoms. The van der Waals surface area contributed by atoms with Gasteiger partial charge in [0.25, 0.3) is 0 Å². The van der Waals surface area contributed by atoms with Gasteiger partial charge in [-0.3, -0.25) is 14.5 Å². The molecule has 1 N–H and O–H groups in total. The molecule has 0 aromatic heterocycles. The molecule has 30 heavy (non-hydrogen) atoms. The van der Waals surface area contributed by atoms with Gasteiger partial charge in [-0.1, -0.05) is 40.7 Å². The second kappa shape index (κ2) is 10.9. The van der Waals surface area contributed by atoms with Gasteiger partial charge in [0.1, 0.15) is 6.04 Å². The highest BCUT2D eigenvalue weighted by molar-refractivity contribution is 5.92. The molecule has 174 valence electrons. The number of carbonyl (C=O) groups is 3. The van der Waals surface area contributed by atoms with E-state index in [9.17, 15) is 14.4 Å². The highest BCUT2D eigenvalue weighted by Crippen LogP contribution is 2.25. The number of hydrogen-bond acceptors (Lipinski definition) is 5. The van der Waals surface area contributed by atoms with E-state index in [0.29, 0.717) is 12.2 Å². The summed E-state index contributed by atoms with van der Waals surface area (Å²) in [6.07, 6.45) is 1.77. The number of amides is 2. The summed E-state index contributed by atoms with van der Waals surface area (Å²) in [4.78, 5) is 41.9. The zero-order valence-electron chi connectivity index (χ0n) is 21.0. The Labute approximate surface area is 183 Å². The number of hydrogen-bond donors (Lipinski definition) is 1. The lowest BCUT2D eigenvalue weighted by Gasteiger charge is -2.40. The number of esters is 1. The zero-order chi connectivity index (χ0) is 24.0. The molecule has 0 aliphatic carbocycles. The Kier molecular flexibility index (Phi) is 10.2. The third-order valence-electron chi connectivity index (χ3n) is 5.56. The maximum Gasteiger partial charge on any atom is 0.333 e. The molecule has 0 fully saturated rings. The number of rotatable bonds is 9. The van der Waals surface area contributed by atoms with Gasteiger partial charge in [-0.05, 0) is 53.1 Å². The van der Waals surface area contributed by atoms with Crippen molar-refractivity contribution in [3.63, 3.8) is 0 Å². The van der Waals surface area contributed by atoms with Crippen LogP contribution in [0.3, 0.4) is 0 Å². The fraction of sp³-hybridized carbons (Fsp3) is 0.783. The summed E-state index contributed by atoms with van der Waals surface area (Å²) in [6, 6.07) is -1.03. The maximum absolute atomic E-state index is 13.5. The lowest BCUT2D eigenvalue weighted by molar-refractivity contribution is -0.142. The largest absolute Gasteiger partial charge is 0.463 e. The van der Waals surface area contributed by atoms with Crippen molar-refractivity contribution in [2.24, 2.45) is 11.3 Å². The van der Waals surface area contributed by atoms with Crippen molar-refractivity contribution in [1.82, 2.24) is 15.1 Å². The fourth-order valence-corrected chi connectivity index (χ4v) is 2.83. The van der Waals surface area contributed by atoms with Gasteiger partial charge in [0.2, 0.25) is 11.8 Å². The predicted molar refractivity (Wildman–Crippen MR) is 121 cm³/mol. The fourth-order valence-electron chi connectivity index (χ4n) is 2.83. The monoisotopic (exact) mass is 425 g/mol.